The molecular weight excluding hydrogens is 244 g/mol. The largest absolute Gasteiger partial charge is 0.503 e. The van der Waals surface area contributed by atoms with Crippen LogP contribution in [0.3, 0.4) is 0 Å². The summed E-state index contributed by atoms with van der Waals surface area (Å²) in [6.07, 6.45) is 3.78. The summed E-state index contributed by atoms with van der Waals surface area (Å²) in [6.45, 7) is 5.42. The van der Waals surface area contributed by atoms with Crippen LogP contribution in [0.25, 0.3) is 0 Å². The maximum absolute atomic E-state index is 11.5. The zero-order chi connectivity index (χ0) is 13.8. The van der Waals surface area contributed by atoms with E-state index in [1.807, 2.05) is 0 Å². The summed E-state index contributed by atoms with van der Waals surface area (Å²) in [5, 5.41) is 18.5. The number of aliphatic hydroxyl groups is 1. The average Bonchev–Trinajstić information content (AvgIpc) is 2.38. The van der Waals surface area contributed by atoms with Crippen LogP contribution in [0.4, 0.5) is 0 Å². The first-order chi connectivity index (χ1) is 9.10. The van der Waals surface area contributed by atoms with Crippen LogP contribution in [0.5, 0.6) is 5.75 Å². The van der Waals surface area contributed by atoms with Crippen LogP contribution >= 0.6 is 0 Å². The molecule has 0 aromatic carbocycles. The molecular formula is C14H22N2O3. The topological polar surface area (TPSA) is 65.7 Å². The molecule has 0 unspecified atom stereocenters. The Morgan fingerprint density at radius 1 is 1.37 bits per heavy atom. The molecule has 0 spiro atoms. The van der Waals surface area contributed by atoms with Crippen molar-refractivity contribution >= 4 is 0 Å². The van der Waals surface area contributed by atoms with Gasteiger partial charge in [0.05, 0.1) is 12.8 Å². The number of likely N-dealkylation sites (tertiary alicyclic amines) is 1. The third-order valence-corrected chi connectivity index (χ3v) is 3.80. The normalized spacial score (nSPS) is 17.8. The third-order valence-electron chi connectivity index (χ3n) is 3.80. The van der Waals surface area contributed by atoms with Crippen molar-refractivity contribution in [3.8, 4) is 5.75 Å². The van der Waals surface area contributed by atoms with Gasteiger partial charge >= 0.3 is 0 Å². The molecule has 5 heteroatoms. The van der Waals surface area contributed by atoms with Crippen molar-refractivity contribution in [2.45, 2.75) is 32.9 Å². The Kier molecular flexibility index (Phi) is 4.61. The van der Waals surface area contributed by atoms with Crippen molar-refractivity contribution in [2.75, 3.05) is 19.7 Å². The molecule has 0 bridgehead atoms. The molecule has 1 saturated heterocycles. The third kappa shape index (κ3) is 3.58. The van der Waals surface area contributed by atoms with Gasteiger partial charge in [-0.2, -0.15) is 0 Å². The number of aliphatic hydroxyl groups excluding tert-OH is 1. The standard InChI is InChI=1S/C14H22N2O3/c1-11-2-4-15(5-3-11)9-12-8-13(18)14(19)10-16(12)6-7-17/h8,10-11,17,19H,2-7,9H2,1H3. The molecule has 1 fully saturated rings. The number of aromatic nitrogens is 1. The Morgan fingerprint density at radius 2 is 2.05 bits per heavy atom. The van der Waals surface area contributed by atoms with E-state index < -0.39 is 0 Å². The molecule has 2 heterocycles. The highest BCUT2D eigenvalue weighted by Crippen LogP contribution is 2.18. The van der Waals surface area contributed by atoms with Gasteiger partial charge in [0, 0.05) is 24.8 Å². The monoisotopic (exact) mass is 266 g/mol. The Labute approximate surface area is 113 Å². The number of piperidine rings is 1. The van der Waals surface area contributed by atoms with Crippen LogP contribution in [0.2, 0.25) is 0 Å². The van der Waals surface area contributed by atoms with E-state index in [0.29, 0.717) is 13.1 Å². The molecule has 0 aliphatic carbocycles. The van der Waals surface area contributed by atoms with Crippen LogP contribution in [-0.4, -0.2) is 39.4 Å². The smallest absolute Gasteiger partial charge is 0.223 e. The lowest BCUT2D eigenvalue weighted by Crippen LogP contribution is -2.33. The SMILES string of the molecule is CC1CCN(Cc2cc(=O)c(O)cn2CCO)CC1. The predicted molar refractivity (Wildman–Crippen MR) is 73.1 cm³/mol. The molecule has 0 atom stereocenters. The van der Waals surface area contributed by atoms with E-state index in [4.69, 9.17) is 5.11 Å². The first kappa shape index (κ1) is 14.1. The Morgan fingerprint density at radius 3 is 2.68 bits per heavy atom. The van der Waals surface area contributed by atoms with Crippen LogP contribution in [-0.2, 0) is 13.1 Å². The summed E-state index contributed by atoms with van der Waals surface area (Å²) in [6, 6.07) is 1.48. The second-order valence-electron chi connectivity index (χ2n) is 5.39. The number of nitrogens with zero attached hydrogens (tertiary/aromatic N) is 2. The maximum Gasteiger partial charge on any atom is 0.223 e. The summed E-state index contributed by atoms with van der Waals surface area (Å²) in [5.74, 6) is 0.514. The molecule has 1 aliphatic rings. The summed E-state index contributed by atoms with van der Waals surface area (Å²) in [4.78, 5) is 13.9. The zero-order valence-electron chi connectivity index (χ0n) is 11.4. The van der Waals surface area contributed by atoms with E-state index in [1.54, 1.807) is 4.57 Å². The number of aromatic hydroxyl groups is 1. The summed E-state index contributed by atoms with van der Waals surface area (Å²) >= 11 is 0. The molecule has 1 aromatic rings. The van der Waals surface area contributed by atoms with Crippen molar-refractivity contribution in [1.29, 1.82) is 0 Å². The van der Waals surface area contributed by atoms with Gasteiger partial charge in [0.1, 0.15) is 0 Å². The zero-order valence-corrected chi connectivity index (χ0v) is 11.4. The molecule has 19 heavy (non-hydrogen) atoms. The van der Waals surface area contributed by atoms with Crippen LogP contribution in [0.1, 0.15) is 25.5 Å². The van der Waals surface area contributed by atoms with E-state index in [2.05, 4.69) is 11.8 Å². The fourth-order valence-electron chi connectivity index (χ4n) is 2.50. The Bertz CT molecular complexity index is 476. The van der Waals surface area contributed by atoms with Gasteiger partial charge in [-0.3, -0.25) is 9.69 Å². The van der Waals surface area contributed by atoms with E-state index in [0.717, 1.165) is 24.7 Å². The molecule has 106 valence electrons. The van der Waals surface area contributed by atoms with Crippen LogP contribution in [0.15, 0.2) is 17.1 Å². The fourth-order valence-corrected chi connectivity index (χ4v) is 2.50. The van der Waals surface area contributed by atoms with Crippen LogP contribution < -0.4 is 5.43 Å². The van der Waals surface area contributed by atoms with Gasteiger partial charge in [-0.05, 0) is 31.8 Å². The van der Waals surface area contributed by atoms with Gasteiger partial charge in [-0.1, -0.05) is 6.92 Å². The van der Waals surface area contributed by atoms with Crippen molar-refractivity contribution in [1.82, 2.24) is 9.47 Å². The highest BCUT2D eigenvalue weighted by Gasteiger charge is 2.17. The molecule has 1 aliphatic heterocycles. The van der Waals surface area contributed by atoms with E-state index >= 15 is 0 Å². The Hall–Kier alpha value is -1.33. The number of pyridine rings is 1. The number of rotatable bonds is 4. The molecule has 2 rings (SSSR count). The lowest BCUT2D eigenvalue weighted by molar-refractivity contribution is 0.179. The summed E-state index contributed by atoms with van der Waals surface area (Å²) < 4.78 is 1.76. The highest BCUT2D eigenvalue weighted by molar-refractivity contribution is 5.20. The molecule has 5 nitrogen and oxygen atoms in total. The molecule has 0 saturated carbocycles. The quantitative estimate of drug-likeness (QED) is 0.845. The van der Waals surface area contributed by atoms with E-state index in [1.165, 1.54) is 25.1 Å². The van der Waals surface area contributed by atoms with Crippen molar-refractivity contribution in [3.63, 3.8) is 0 Å². The molecule has 1 aromatic heterocycles. The van der Waals surface area contributed by atoms with Gasteiger partial charge in [-0.15, -0.1) is 0 Å². The minimum absolute atomic E-state index is 0.00759. The Balaban J connectivity index is 2.14. The minimum Gasteiger partial charge on any atom is -0.503 e. The first-order valence-corrected chi connectivity index (χ1v) is 6.85. The number of hydrogen-bond donors (Lipinski definition) is 2. The second-order valence-corrected chi connectivity index (χ2v) is 5.39. The summed E-state index contributed by atoms with van der Waals surface area (Å²) in [5.41, 5.74) is 0.501. The van der Waals surface area contributed by atoms with Gasteiger partial charge in [0.15, 0.2) is 5.75 Å². The lowest BCUT2D eigenvalue weighted by atomic mass is 9.99. The average molecular weight is 266 g/mol. The molecule has 0 amide bonds. The molecule has 0 radical (unpaired) electrons. The second kappa shape index (κ2) is 6.21. The maximum atomic E-state index is 11.5. The van der Waals surface area contributed by atoms with Crippen LogP contribution in [0, 0.1) is 5.92 Å². The van der Waals surface area contributed by atoms with Gasteiger partial charge in [0.25, 0.3) is 0 Å². The predicted octanol–water partition coefficient (Wildman–Crippen LogP) is 0.778. The van der Waals surface area contributed by atoms with Gasteiger partial charge in [-0.25, -0.2) is 0 Å². The summed E-state index contributed by atoms with van der Waals surface area (Å²) in [7, 11) is 0. The lowest BCUT2D eigenvalue weighted by Gasteiger charge is -2.30. The fraction of sp³-hybridized carbons (Fsp3) is 0.643. The van der Waals surface area contributed by atoms with Crippen molar-refractivity contribution in [2.24, 2.45) is 5.92 Å². The molecule has 2 N–H and O–H groups in total. The minimum atomic E-state index is -0.352. The van der Waals surface area contributed by atoms with Gasteiger partial charge in [0.2, 0.25) is 5.43 Å². The highest BCUT2D eigenvalue weighted by atomic mass is 16.3. The first-order valence-electron chi connectivity index (χ1n) is 6.85. The van der Waals surface area contributed by atoms with E-state index in [-0.39, 0.29) is 17.8 Å². The van der Waals surface area contributed by atoms with Crippen molar-refractivity contribution < 1.29 is 10.2 Å². The van der Waals surface area contributed by atoms with Crippen molar-refractivity contribution in [3.05, 3.63) is 28.2 Å². The van der Waals surface area contributed by atoms with Gasteiger partial charge < -0.3 is 14.8 Å². The number of hydrogen-bond acceptors (Lipinski definition) is 4. The van der Waals surface area contributed by atoms with E-state index in [9.17, 15) is 9.90 Å².